The van der Waals surface area contributed by atoms with E-state index in [1.807, 2.05) is 0 Å². The Labute approximate surface area is 115 Å². The molecule has 1 heterocycles. The molecule has 1 aromatic rings. The van der Waals surface area contributed by atoms with Crippen molar-refractivity contribution < 1.29 is 18.3 Å². The maximum Gasteiger partial charge on any atom is 0.387 e. The second-order valence-electron chi connectivity index (χ2n) is 5.04. The lowest BCUT2D eigenvalue weighted by molar-refractivity contribution is -0.0992. The molecule has 1 saturated heterocycles. The largest absolute Gasteiger partial charge is 0.434 e. The Balaban J connectivity index is 1.95. The predicted molar refractivity (Wildman–Crippen MR) is 68.7 cm³/mol. The molecule has 1 N–H and O–H groups in total. The monoisotopic (exact) mass is 291 g/mol. The average Bonchev–Trinajstić information content (AvgIpc) is 2.30. The molecule has 1 aliphatic rings. The van der Waals surface area contributed by atoms with Crippen LogP contribution < -0.4 is 10.1 Å². The van der Waals surface area contributed by atoms with E-state index in [4.69, 9.17) is 16.3 Å². The van der Waals surface area contributed by atoms with Crippen LogP contribution in [-0.4, -0.2) is 26.4 Å². The molecule has 3 nitrogen and oxygen atoms in total. The molecule has 106 valence electrons. The smallest absolute Gasteiger partial charge is 0.387 e. The van der Waals surface area contributed by atoms with E-state index in [1.165, 1.54) is 12.1 Å². The van der Waals surface area contributed by atoms with Crippen molar-refractivity contribution >= 4 is 11.6 Å². The van der Waals surface area contributed by atoms with Crippen LogP contribution in [0.5, 0.6) is 5.75 Å². The summed E-state index contributed by atoms with van der Waals surface area (Å²) >= 11 is 5.87. The Bertz CT molecular complexity index is 439. The number of halogens is 3. The van der Waals surface area contributed by atoms with Crippen LogP contribution in [0.2, 0.25) is 5.02 Å². The molecule has 1 aromatic carbocycles. The van der Waals surface area contributed by atoms with Gasteiger partial charge in [0.2, 0.25) is 0 Å². The molecule has 0 aromatic heterocycles. The van der Waals surface area contributed by atoms with Gasteiger partial charge in [0.25, 0.3) is 0 Å². The standard InChI is InChI=1S/C13H16ClF2NO2/c1-13(7-18-8-13)6-17-5-9-4-10(14)2-3-11(9)19-12(15)16/h2-4,12,17H,5-8H2,1H3. The fraction of sp³-hybridized carbons (Fsp3) is 0.538. The summed E-state index contributed by atoms with van der Waals surface area (Å²) in [5, 5.41) is 3.72. The average molecular weight is 292 g/mol. The van der Waals surface area contributed by atoms with E-state index >= 15 is 0 Å². The van der Waals surface area contributed by atoms with Crippen molar-refractivity contribution in [3.05, 3.63) is 28.8 Å². The highest BCUT2D eigenvalue weighted by atomic mass is 35.5. The summed E-state index contributed by atoms with van der Waals surface area (Å²) in [5.41, 5.74) is 0.749. The van der Waals surface area contributed by atoms with E-state index in [1.54, 1.807) is 6.07 Å². The number of benzene rings is 1. The Kier molecular flexibility index (Phi) is 4.60. The van der Waals surface area contributed by atoms with E-state index in [0.29, 0.717) is 17.1 Å². The van der Waals surface area contributed by atoms with Crippen molar-refractivity contribution in [2.45, 2.75) is 20.1 Å². The van der Waals surface area contributed by atoms with Crippen molar-refractivity contribution in [2.24, 2.45) is 5.41 Å². The number of rotatable bonds is 6. The van der Waals surface area contributed by atoms with Crippen molar-refractivity contribution in [1.29, 1.82) is 0 Å². The number of alkyl halides is 2. The van der Waals surface area contributed by atoms with Gasteiger partial charge >= 0.3 is 6.61 Å². The first-order valence-corrected chi connectivity index (χ1v) is 6.38. The van der Waals surface area contributed by atoms with Crippen LogP contribution in [-0.2, 0) is 11.3 Å². The Morgan fingerprint density at radius 3 is 2.79 bits per heavy atom. The third-order valence-electron chi connectivity index (χ3n) is 3.01. The van der Waals surface area contributed by atoms with Gasteiger partial charge in [0.1, 0.15) is 5.75 Å². The van der Waals surface area contributed by atoms with E-state index in [0.717, 1.165) is 19.8 Å². The second kappa shape index (κ2) is 6.03. The molecule has 2 rings (SSSR count). The van der Waals surface area contributed by atoms with Crippen molar-refractivity contribution in [1.82, 2.24) is 5.32 Å². The molecule has 0 unspecified atom stereocenters. The normalized spacial score (nSPS) is 17.3. The molecular weight excluding hydrogens is 276 g/mol. The third-order valence-corrected chi connectivity index (χ3v) is 3.24. The highest BCUT2D eigenvalue weighted by molar-refractivity contribution is 6.30. The number of ether oxygens (including phenoxy) is 2. The van der Waals surface area contributed by atoms with Gasteiger partial charge in [-0.15, -0.1) is 0 Å². The molecule has 6 heteroatoms. The van der Waals surface area contributed by atoms with E-state index in [2.05, 4.69) is 17.0 Å². The number of hydrogen-bond donors (Lipinski definition) is 1. The first kappa shape index (κ1) is 14.5. The van der Waals surface area contributed by atoms with Gasteiger partial charge in [-0.3, -0.25) is 0 Å². The van der Waals surface area contributed by atoms with Crippen molar-refractivity contribution in [2.75, 3.05) is 19.8 Å². The van der Waals surface area contributed by atoms with Crippen LogP contribution in [0.3, 0.4) is 0 Å². The summed E-state index contributed by atoms with van der Waals surface area (Å²) in [6.45, 7) is 1.90. The van der Waals surface area contributed by atoms with Gasteiger partial charge in [0, 0.05) is 29.1 Å². The topological polar surface area (TPSA) is 30.5 Å². The van der Waals surface area contributed by atoms with Gasteiger partial charge in [-0.2, -0.15) is 8.78 Å². The van der Waals surface area contributed by atoms with Gasteiger partial charge in [0.05, 0.1) is 13.2 Å². The molecule has 0 bridgehead atoms. The molecule has 0 saturated carbocycles. The molecule has 1 aliphatic heterocycles. The Morgan fingerprint density at radius 2 is 2.21 bits per heavy atom. The minimum absolute atomic E-state index is 0.127. The van der Waals surface area contributed by atoms with E-state index in [-0.39, 0.29) is 11.2 Å². The molecule has 1 fully saturated rings. The summed E-state index contributed by atoms with van der Waals surface area (Å²) < 4.78 is 34.2. The molecular formula is C13H16ClF2NO2. The van der Waals surface area contributed by atoms with Crippen LogP contribution in [0, 0.1) is 5.41 Å². The quantitative estimate of drug-likeness (QED) is 0.874. The van der Waals surface area contributed by atoms with E-state index in [9.17, 15) is 8.78 Å². The third kappa shape index (κ3) is 4.03. The SMILES string of the molecule is CC1(CNCc2cc(Cl)ccc2OC(F)F)COC1. The lowest BCUT2D eigenvalue weighted by atomic mass is 9.89. The summed E-state index contributed by atoms with van der Waals surface area (Å²) in [6.07, 6.45) is 0. The first-order valence-electron chi connectivity index (χ1n) is 6.00. The zero-order chi connectivity index (χ0) is 13.9. The minimum Gasteiger partial charge on any atom is -0.434 e. The maximum atomic E-state index is 12.3. The van der Waals surface area contributed by atoms with Crippen molar-refractivity contribution in [3.8, 4) is 5.75 Å². The molecule has 0 atom stereocenters. The Morgan fingerprint density at radius 1 is 1.47 bits per heavy atom. The van der Waals surface area contributed by atoms with Gasteiger partial charge in [-0.1, -0.05) is 18.5 Å². The van der Waals surface area contributed by atoms with Crippen LogP contribution in [0.15, 0.2) is 18.2 Å². The second-order valence-corrected chi connectivity index (χ2v) is 5.47. The van der Waals surface area contributed by atoms with E-state index < -0.39 is 6.61 Å². The van der Waals surface area contributed by atoms with Gasteiger partial charge in [-0.05, 0) is 18.2 Å². The van der Waals surface area contributed by atoms with Gasteiger partial charge in [-0.25, -0.2) is 0 Å². The summed E-state index contributed by atoms with van der Waals surface area (Å²) in [6, 6.07) is 4.62. The highest BCUT2D eigenvalue weighted by Gasteiger charge is 2.32. The fourth-order valence-electron chi connectivity index (χ4n) is 1.95. The highest BCUT2D eigenvalue weighted by Crippen LogP contribution is 2.27. The first-order chi connectivity index (χ1) is 8.98. The zero-order valence-electron chi connectivity index (χ0n) is 10.6. The maximum absolute atomic E-state index is 12.3. The fourth-order valence-corrected chi connectivity index (χ4v) is 2.14. The van der Waals surface area contributed by atoms with Crippen LogP contribution in [0.1, 0.15) is 12.5 Å². The minimum atomic E-state index is -2.84. The Hall–Kier alpha value is -0.910. The number of nitrogens with one attached hydrogen (secondary N) is 1. The molecule has 0 amide bonds. The summed E-state index contributed by atoms with van der Waals surface area (Å²) in [4.78, 5) is 0. The van der Waals surface area contributed by atoms with Gasteiger partial charge < -0.3 is 14.8 Å². The van der Waals surface area contributed by atoms with Gasteiger partial charge in [0.15, 0.2) is 0 Å². The van der Waals surface area contributed by atoms with Crippen LogP contribution >= 0.6 is 11.6 Å². The summed E-state index contributed by atoms with van der Waals surface area (Å²) in [7, 11) is 0. The predicted octanol–water partition coefficient (Wildman–Crippen LogP) is 3.07. The molecule has 0 spiro atoms. The van der Waals surface area contributed by atoms with Crippen LogP contribution in [0.25, 0.3) is 0 Å². The summed E-state index contributed by atoms with van der Waals surface area (Å²) in [5.74, 6) is 0.155. The lowest BCUT2D eigenvalue weighted by Crippen LogP contribution is -2.47. The lowest BCUT2D eigenvalue weighted by Gasteiger charge is -2.38. The van der Waals surface area contributed by atoms with Crippen molar-refractivity contribution in [3.63, 3.8) is 0 Å². The number of hydrogen-bond acceptors (Lipinski definition) is 3. The molecule has 0 aliphatic carbocycles. The molecule has 0 radical (unpaired) electrons. The van der Waals surface area contributed by atoms with Crippen LogP contribution in [0.4, 0.5) is 8.78 Å². The zero-order valence-corrected chi connectivity index (χ0v) is 11.3. The molecule has 19 heavy (non-hydrogen) atoms.